The molecule has 146 valence electrons. The number of hydrogen-bond acceptors (Lipinski definition) is 5. The third-order valence-corrected chi connectivity index (χ3v) is 5.57. The van der Waals surface area contributed by atoms with Crippen LogP contribution in [0.25, 0.3) is 11.4 Å². The number of carbonyl (C=O) groups is 1. The molecule has 0 radical (unpaired) electrons. The van der Waals surface area contributed by atoms with Crippen LogP contribution in [0.15, 0.2) is 53.1 Å². The van der Waals surface area contributed by atoms with Gasteiger partial charge in [-0.2, -0.15) is 4.98 Å². The summed E-state index contributed by atoms with van der Waals surface area (Å²) in [4.78, 5) is 16.5. The molecule has 2 aromatic carbocycles. The third-order valence-electron chi connectivity index (χ3n) is 4.41. The van der Waals surface area contributed by atoms with Crippen molar-refractivity contribution in [1.29, 1.82) is 0 Å². The van der Waals surface area contributed by atoms with E-state index in [1.54, 1.807) is 12.1 Å². The van der Waals surface area contributed by atoms with Gasteiger partial charge in [-0.25, -0.2) is 0 Å². The molecule has 0 spiro atoms. The molecule has 0 fully saturated rings. The Morgan fingerprint density at radius 3 is 2.57 bits per heavy atom. The van der Waals surface area contributed by atoms with Gasteiger partial charge in [-0.05, 0) is 54.3 Å². The third kappa shape index (κ3) is 5.59. The lowest BCUT2D eigenvalue weighted by molar-refractivity contribution is -0.113. The van der Waals surface area contributed by atoms with E-state index in [1.807, 2.05) is 24.3 Å². The number of amides is 1. The number of aromatic nitrogens is 2. The van der Waals surface area contributed by atoms with Gasteiger partial charge in [0, 0.05) is 16.3 Å². The van der Waals surface area contributed by atoms with Gasteiger partial charge in [0.25, 0.3) is 0 Å². The molecule has 0 unspecified atom stereocenters. The van der Waals surface area contributed by atoms with E-state index in [0.717, 1.165) is 17.7 Å². The summed E-state index contributed by atoms with van der Waals surface area (Å²) in [6.45, 7) is 4.36. The number of benzene rings is 2. The average molecular weight is 416 g/mol. The van der Waals surface area contributed by atoms with E-state index in [4.69, 9.17) is 16.1 Å². The van der Waals surface area contributed by atoms with Crippen LogP contribution in [0.3, 0.4) is 0 Å². The molecule has 7 heteroatoms. The molecule has 28 heavy (non-hydrogen) atoms. The van der Waals surface area contributed by atoms with Gasteiger partial charge in [-0.1, -0.05) is 42.7 Å². The first kappa shape index (κ1) is 20.4. The van der Waals surface area contributed by atoms with Crippen LogP contribution in [0.4, 0.5) is 5.69 Å². The van der Waals surface area contributed by atoms with E-state index >= 15 is 0 Å². The highest BCUT2D eigenvalue weighted by atomic mass is 35.5. The number of carbonyl (C=O) groups excluding carboxylic acids is 1. The van der Waals surface area contributed by atoms with Crippen molar-refractivity contribution in [3.05, 3.63) is 65.0 Å². The Kier molecular flexibility index (Phi) is 7.12. The van der Waals surface area contributed by atoms with Crippen LogP contribution in [0.2, 0.25) is 5.02 Å². The minimum Gasteiger partial charge on any atom is -0.338 e. The van der Waals surface area contributed by atoms with Gasteiger partial charge in [-0.15, -0.1) is 11.8 Å². The Labute approximate surface area is 173 Å². The molecule has 3 aromatic rings. The first-order valence-corrected chi connectivity index (χ1v) is 10.6. The summed E-state index contributed by atoms with van der Waals surface area (Å²) >= 11 is 7.31. The highest BCUT2D eigenvalue weighted by molar-refractivity contribution is 7.99. The molecule has 1 N–H and O–H groups in total. The van der Waals surface area contributed by atoms with Crippen molar-refractivity contribution >= 4 is 35.0 Å². The first-order chi connectivity index (χ1) is 13.5. The van der Waals surface area contributed by atoms with E-state index in [2.05, 4.69) is 41.4 Å². The molecular weight excluding hydrogens is 394 g/mol. The monoisotopic (exact) mass is 415 g/mol. The van der Waals surface area contributed by atoms with Gasteiger partial charge >= 0.3 is 0 Å². The van der Waals surface area contributed by atoms with Crippen molar-refractivity contribution in [3.8, 4) is 11.4 Å². The van der Waals surface area contributed by atoms with E-state index in [-0.39, 0.29) is 5.91 Å². The lowest BCUT2D eigenvalue weighted by Gasteiger charge is -2.10. The molecule has 3 rings (SSSR count). The van der Waals surface area contributed by atoms with Crippen LogP contribution < -0.4 is 5.32 Å². The zero-order chi connectivity index (χ0) is 19.9. The Bertz CT molecular complexity index is 910. The molecule has 5 nitrogen and oxygen atoms in total. The molecule has 1 atom stereocenters. The molecule has 0 aliphatic carbocycles. The van der Waals surface area contributed by atoms with Crippen molar-refractivity contribution in [1.82, 2.24) is 10.1 Å². The average Bonchev–Trinajstić information content (AvgIpc) is 3.17. The predicted octanol–water partition coefficient (Wildman–Crippen LogP) is 5.78. The maximum absolute atomic E-state index is 12.1. The van der Waals surface area contributed by atoms with E-state index in [0.29, 0.717) is 34.2 Å². The van der Waals surface area contributed by atoms with Crippen LogP contribution in [0.1, 0.15) is 37.6 Å². The van der Waals surface area contributed by atoms with Gasteiger partial charge in [0.05, 0.1) is 11.5 Å². The number of nitrogens with zero attached hydrogens (tertiary/aromatic N) is 2. The van der Waals surface area contributed by atoms with Crippen LogP contribution >= 0.6 is 23.4 Å². The van der Waals surface area contributed by atoms with Crippen LogP contribution in [0.5, 0.6) is 0 Å². The Hall–Kier alpha value is -2.31. The van der Waals surface area contributed by atoms with Crippen molar-refractivity contribution < 1.29 is 9.32 Å². The molecule has 1 heterocycles. The van der Waals surface area contributed by atoms with Gasteiger partial charge in [-0.3, -0.25) is 4.79 Å². The van der Waals surface area contributed by atoms with E-state index in [1.165, 1.54) is 17.3 Å². The zero-order valence-electron chi connectivity index (χ0n) is 15.8. The molecule has 1 amide bonds. The smallest absolute Gasteiger partial charge is 0.236 e. The molecule has 0 bridgehead atoms. The minimum absolute atomic E-state index is 0.0567. The number of hydrogen-bond donors (Lipinski definition) is 1. The number of anilines is 1. The first-order valence-electron chi connectivity index (χ1n) is 9.11. The van der Waals surface area contributed by atoms with E-state index < -0.39 is 0 Å². The van der Waals surface area contributed by atoms with Crippen LogP contribution in [-0.4, -0.2) is 21.8 Å². The fourth-order valence-electron chi connectivity index (χ4n) is 2.59. The van der Waals surface area contributed by atoms with Gasteiger partial charge in [0.2, 0.25) is 17.6 Å². The van der Waals surface area contributed by atoms with Crippen LogP contribution in [0, 0.1) is 0 Å². The SMILES string of the molecule is CC[C@@H](C)c1ccc(NC(=O)CSCc2nc(-c3ccc(Cl)cc3)no2)cc1. The predicted molar refractivity (Wildman–Crippen MR) is 115 cm³/mol. The van der Waals surface area contributed by atoms with Gasteiger partial charge < -0.3 is 9.84 Å². The number of thioether (sulfide) groups is 1. The topological polar surface area (TPSA) is 68.0 Å². The maximum atomic E-state index is 12.1. The van der Waals surface area contributed by atoms with Crippen molar-refractivity contribution in [2.24, 2.45) is 0 Å². The van der Waals surface area contributed by atoms with Gasteiger partial charge in [0.1, 0.15) is 0 Å². The Morgan fingerprint density at radius 2 is 1.89 bits per heavy atom. The van der Waals surface area contributed by atoms with E-state index in [9.17, 15) is 4.79 Å². The molecule has 0 aliphatic heterocycles. The second-order valence-corrected chi connectivity index (χ2v) is 7.91. The number of nitrogens with one attached hydrogen (secondary N) is 1. The lowest BCUT2D eigenvalue weighted by Crippen LogP contribution is -2.14. The lowest BCUT2D eigenvalue weighted by atomic mass is 9.99. The summed E-state index contributed by atoms with van der Waals surface area (Å²) in [5.41, 5.74) is 2.92. The van der Waals surface area contributed by atoms with Gasteiger partial charge in [0.15, 0.2) is 0 Å². The summed E-state index contributed by atoms with van der Waals surface area (Å²) in [5.74, 6) is 2.25. The number of halogens is 1. The zero-order valence-corrected chi connectivity index (χ0v) is 17.4. The normalized spacial score (nSPS) is 12.0. The number of rotatable bonds is 8. The summed E-state index contributed by atoms with van der Waals surface area (Å²) < 4.78 is 5.25. The second-order valence-electron chi connectivity index (χ2n) is 6.49. The Balaban J connectivity index is 1.46. The standard InChI is InChI=1S/C21H22ClN3O2S/c1-3-14(2)15-6-10-18(11-7-15)23-19(26)12-28-13-20-24-21(25-27-20)16-4-8-17(22)9-5-16/h4-11,14H,3,12-13H2,1-2H3,(H,23,26)/t14-/m1/s1. The molecule has 0 aliphatic rings. The summed E-state index contributed by atoms with van der Waals surface area (Å²) in [7, 11) is 0. The highest BCUT2D eigenvalue weighted by Crippen LogP contribution is 2.22. The largest absolute Gasteiger partial charge is 0.338 e. The Morgan fingerprint density at radius 1 is 1.18 bits per heavy atom. The molecule has 0 saturated heterocycles. The summed E-state index contributed by atoms with van der Waals surface area (Å²) in [5, 5.41) is 7.53. The second kappa shape index (κ2) is 9.75. The maximum Gasteiger partial charge on any atom is 0.236 e. The molecule has 1 aromatic heterocycles. The summed E-state index contributed by atoms with van der Waals surface area (Å²) in [6.07, 6.45) is 1.09. The fraction of sp³-hybridized carbons (Fsp3) is 0.286. The fourth-order valence-corrected chi connectivity index (χ4v) is 3.37. The molecular formula is C21H22ClN3O2S. The summed E-state index contributed by atoms with van der Waals surface area (Å²) in [6, 6.07) is 15.2. The van der Waals surface area contributed by atoms with Crippen molar-refractivity contribution in [3.63, 3.8) is 0 Å². The highest BCUT2D eigenvalue weighted by Gasteiger charge is 2.10. The minimum atomic E-state index is -0.0567. The quantitative estimate of drug-likeness (QED) is 0.505. The van der Waals surface area contributed by atoms with Crippen molar-refractivity contribution in [2.45, 2.75) is 31.9 Å². The molecule has 0 saturated carbocycles. The van der Waals surface area contributed by atoms with Crippen LogP contribution in [-0.2, 0) is 10.5 Å². The van der Waals surface area contributed by atoms with Crippen molar-refractivity contribution in [2.75, 3.05) is 11.1 Å².